The van der Waals surface area contributed by atoms with E-state index in [1.54, 1.807) is 19.9 Å². The van der Waals surface area contributed by atoms with Crippen molar-refractivity contribution in [2.24, 2.45) is 5.84 Å². The number of nitrogen functional groups attached to an aromatic ring is 2. The first-order chi connectivity index (χ1) is 7.85. The Balaban J connectivity index is 2.99. The molecule has 1 heterocycles. The van der Waals surface area contributed by atoms with Gasteiger partial charge >= 0.3 is 0 Å². The Bertz CT molecular complexity index is 376. The Morgan fingerprint density at radius 1 is 1.47 bits per heavy atom. The van der Waals surface area contributed by atoms with Crippen LogP contribution in [0.4, 0.5) is 17.6 Å². The van der Waals surface area contributed by atoms with Crippen LogP contribution in [0.1, 0.15) is 20.8 Å². The lowest BCUT2D eigenvalue weighted by atomic mass is 10.1. The number of likely N-dealkylation sites (N-methyl/N-ethyl adjacent to an activating group) is 1. The van der Waals surface area contributed by atoms with E-state index in [0.717, 1.165) is 0 Å². The van der Waals surface area contributed by atoms with Gasteiger partial charge in [0.25, 0.3) is 0 Å². The van der Waals surface area contributed by atoms with Crippen molar-refractivity contribution in [1.82, 2.24) is 9.97 Å². The molecule has 0 saturated carbocycles. The first kappa shape index (κ1) is 13.5. The molecule has 1 rings (SSSR count). The van der Waals surface area contributed by atoms with Crippen LogP contribution in [0.3, 0.4) is 0 Å². The van der Waals surface area contributed by atoms with Crippen LogP contribution in [0.2, 0.25) is 0 Å². The monoisotopic (exact) mass is 240 g/mol. The number of hydrogen-bond donors (Lipinski definition) is 4. The van der Waals surface area contributed by atoms with Gasteiger partial charge in [-0.3, -0.25) is 0 Å². The number of aromatic nitrogens is 2. The van der Waals surface area contributed by atoms with E-state index in [2.05, 4.69) is 15.4 Å². The summed E-state index contributed by atoms with van der Waals surface area (Å²) < 4.78 is 0. The number of nitrogens with two attached hydrogens (primary N) is 2. The number of rotatable bonds is 5. The number of hydrogen-bond acceptors (Lipinski definition) is 7. The van der Waals surface area contributed by atoms with E-state index in [4.69, 9.17) is 11.6 Å². The number of hydrazine groups is 1. The summed E-state index contributed by atoms with van der Waals surface area (Å²) in [7, 11) is 0. The molecule has 0 aliphatic heterocycles. The van der Waals surface area contributed by atoms with Gasteiger partial charge in [-0.15, -0.1) is 0 Å². The van der Waals surface area contributed by atoms with Gasteiger partial charge in [0.15, 0.2) is 0 Å². The molecule has 0 spiro atoms. The van der Waals surface area contributed by atoms with E-state index in [1.165, 1.54) is 0 Å². The van der Waals surface area contributed by atoms with Crippen molar-refractivity contribution in [1.29, 1.82) is 0 Å². The van der Waals surface area contributed by atoms with E-state index in [1.807, 2.05) is 11.8 Å². The van der Waals surface area contributed by atoms with Crippen LogP contribution in [-0.2, 0) is 0 Å². The van der Waals surface area contributed by atoms with E-state index < -0.39 is 5.60 Å². The fourth-order valence-corrected chi connectivity index (χ4v) is 1.51. The molecule has 7 nitrogen and oxygen atoms in total. The third kappa shape index (κ3) is 4.04. The smallest absolute Gasteiger partial charge is 0.223 e. The molecule has 0 aliphatic carbocycles. The van der Waals surface area contributed by atoms with E-state index in [9.17, 15) is 5.11 Å². The van der Waals surface area contributed by atoms with Gasteiger partial charge in [-0.25, -0.2) is 5.84 Å². The molecular weight excluding hydrogens is 220 g/mol. The van der Waals surface area contributed by atoms with Crippen molar-refractivity contribution in [2.45, 2.75) is 26.4 Å². The molecule has 1 aromatic heterocycles. The van der Waals surface area contributed by atoms with Crippen LogP contribution in [0.25, 0.3) is 0 Å². The number of anilines is 3. The molecule has 0 atom stereocenters. The van der Waals surface area contributed by atoms with Crippen LogP contribution >= 0.6 is 0 Å². The molecule has 0 amide bonds. The van der Waals surface area contributed by atoms with Crippen molar-refractivity contribution in [3.63, 3.8) is 0 Å². The van der Waals surface area contributed by atoms with Gasteiger partial charge in [-0.2, -0.15) is 9.97 Å². The molecule has 0 fully saturated rings. The molecule has 6 N–H and O–H groups in total. The zero-order chi connectivity index (χ0) is 13.1. The third-order valence-electron chi connectivity index (χ3n) is 2.16. The first-order valence-corrected chi connectivity index (χ1v) is 5.44. The summed E-state index contributed by atoms with van der Waals surface area (Å²) in [4.78, 5) is 9.93. The summed E-state index contributed by atoms with van der Waals surface area (Å²) in [6.07, 6.45) is 0. The average Bonchev–Trinajstić information content (AvgIpc) is 2.23. The second-order valence-electron chi connectivity index (χ2n) is 4.44. The quantitative estimate of drug-likeness (QED) is 0.421. The van der Waals surface area contributed by atoms with Crippen LogP contribution in [0.15, 0.2) is 6.07 Å². The number of nitrogens with zero attached hydrogens (tertiary/aromatic N) is 3. The maximum absolute atomic E-state index is 9.82. The molecule has 0 radical (unpaired) electrons. The molecule has 17 heavy (non-hydrogen) atoms. The summed E-state index contributed by atoms with van der Waals surface area (Å²) >= 11 is 0. The Kier molecular flexibility index (Phi) is 4.08. The van der Waals surface area contributed by atoms with E-state index in [-0.39, 0.29) is 5.95 Å². The van der Waals surface area contributed by atoms with Gasteiger partial charge < -0.3 is 21.2 Å². The molecule has 7 heteroatoms. The predicted octanol–water partition coefficient (Wildman–Crippen LogP) is -0.0584. The zero-order valence-corrected chi connectivity index (χ0v) is 10.4. The van der Waals surface area contributed by atoms with Crippen LogP contribution in [-0.4, -0.2) is 33.8 Å². The van der Waals surface area contributed by atoms with Crippen molar-refractivity contribution < 1.29 is 5.11 Å². The van der Waals surface area contributed by atoms with Crippen molar-refractivity contribution in [3.05, 3.63) is 6.07 Å². The minimum absolute atomic E-state index is 0.143. The van der Waals surface area contributed by atoms with Gasteiger partial charge in [0, 0.05) is 19.2 Å². The van der Waals surface area contributed by atoms with Gasteiger partial charge in [-0.1, -0.05) is 0 Å². The molecule has 96 valence electrons. The summed E-state index contributed by atoms with van der Waals surface area (Å²) in [5.41, 5.74) is 7.20. The maximum Gasteiger partial charge on any atom is 0.223 e. The minimum Gasteiger partial charge on any atom is -0.389 e. The summed E-state index contributed by atoms with van der Waals surface area (Å²) in [5.74, 6) is 6.52. The zero-order valence-electron chi connectivity index (χ0n) is 10.4. The summed E-state index contributed by atoms with van der Waals surface area (Å²) in [6, 6.07) is 1.69. The van der Waals surface area contributed by atoms with Gasteiger partial charge in [0.2, 0.25) is 5.95 Å². The molecule has 0 bridgehead atoms. The average molecular weight is 240 g/mol. The van der Waals surface area contributed by atoms with Gasteiger partial charge in [0.1, 0.15) is 11.6 Å². The molecule has 0 aliphatic rings. The topological polar surface area (TPSA) is 113 Å². The van der Waals surface area contributed by atoms with E-state index in [0.29, 0.717) is 24.7 Å². The Hall–Kier alpha value is -1.60. The fraction of sp³-hybridized carbons (Fsp3) is 0.600. The fourth-order valence-electron chi connectivity index (χ4n) is 1.51. The minimum atomic E-state index is -0.813. The lowest BCUT2D eigenvalue weighted by Gasteiger charge is -2.29. The molecule has 0 saturated heterocycles. The third-order valence-corrected chi connectivity index (χ3v) is 2.16. The molecular formula is C10H20N6O. The summed E-state index contributed by atoms with van der Waals surface area (Å²) in [6.45, 7) is 6.60. The highest BCUT2D eigenvalue weighted by atomic mass is 16.3. The summed E-state index contributed by atoms with van der Waals surface area (Å²) in [5, 5.41) is 9.82. The van der Waals surface area contributed by atoms with Crippen molar-refractivity contribution in [3.8, 4) is 0 Å². The largest absolute Gasteiger partial charge is 0.389 e. The lowest BCUT2D eigenvalue weighted by Crippen LogP contribution is -2.39. The van der Waals surface area contributed by atoms with Crippen LogP contribution in [0, 0.1) is 0 Å². The SMILES string of the molecule is CCN(CC(C)(C)O)c1cc(NN)nc(N)n1. The van der Waals surface area contributed by atoms with Gasteiger partial charge in [0.05, 0.1) is 5.60 Å². The highest BCUT2D eigenvalue weighted by molar-refractivity contribution is 5.52. The van der Waals surface area contributed by atoms with Crippen molar-refractivity contribution in [2.75, 3.05) is 29.1 Å². The van der Waals surface area contributed by atoms with Crippen molar-refractivity contribution >= 4 is 17.6 Å². The molecule has 1 aromatic rings. The molecule has 0 aromatic carbocycles. The number of aliphatic hydroxyl groups is 1. The Morgan fingerprint density at radius 2 is 2.12 bits per heavy atom. The maximum atomic E-state index is 9.82. The van der Waals surface area contributed by atoms with Gasteiger partial charge in [-0.05, 0) is 20.8 Å². The predicted molar refractivity (Wildman–Crippen MR) is 68.4 cm³/mol. The Morgan fingerprint density at radius 3 is 2.59 bits per heavy atom. The highest BCUT2D eigenvalue weighted by Gasteiger charge is 2.19. The number of nitrogens with one attached hydrogen (secondary N) is 1. The standard InChI is InChI=1S/C10H20N6O/c1-4-16(6-10(2,3)17)8-5-7(15-12)13-9(11)14-8/h5,17H,4,6,12H2,1-3H3,(H3,11,13,14,15). The second-order valence-corrected chi connectivity index (χ2v) is 4.44. The van der Waals surface area contributed by atoms with Crippen LogP contribution < -0.4 is 21.9 Å². The second kappa shape index (κ2) is 5.15. The van der Waals surface area contributed by atoms with E-state index >= 15 is 0 Å². The lowest BCUT2D eigenvalue weighted by molar-refractivity contribution is 0.0874. The Labute approximate surface area is 101 Å². The molecule has 0 unspecified atom stereocenters. The normalized spacial score (nSPS) is 11.4. The first-order valence-electron chi connectivity index (χ1n) is 5.44. The van der Waals surface area contributed by atoms with Crippen LogP contribution in [0.5, 0.6) is 0 Å². The highest BCUT2D eigenvalue weighted by Crippen LogP contribution is 2.18.